The zero-order chi connectivity index (χ0) is 15.8. The first-order chi connectivity index (χ1) is 9.92. The molecule has 0 aliphatic rings. The molecule has 0 aliphatic carbocycles. The molecule has 3 N–H and O–H groups in total. The number of esters is 1. The number of methoxy groups -OCH3 is 1. The predicted octanol–water partition coefficient (Wildman–Crippen LogP) is 0.526. The Kier molecular flexibility index (Phi) is 6.25. The number of carboxylic acid groups (broad SMARTS) is 1. The molecule has 0 fully saturated rings. The zero-order valence-corrected chi connectivity index (χ0v) is 11.8. The van der Waals surface area contributed by atoms with Crippen molar-refractivity contribution in [3.8, 4) is 0 Å². The number of carboxylic acids is 1. The largest absolute Gasteiger partial charge is 0.480 e. The van der Waals surface area contributed by atoms with Crippen LogP contribution < -0.4 is 10.6 Å². The molecule has 0 aromatic carbocycles. The number of carbonyl (C=O) groups is 3. The van der Waals surface area contributed by atoms with Gasteiger partial charge in [0, 0.05) is 12.5 Å². The van der Waals surface area contributed by atoms with E-state index in [0.717, 1.165) is 7.11 Å². The Bertz CT molecular complexity index is 485. The quantitative estimate of drug-likeness (QED) is 0.632. The van der Waals surface area contributed by atoms with Gasteiger partial charge in [-0.15, -0.1) is 0 Å². The minimum atomic E-state index is -1.34. The van der Waals surface area contributed by atoms with Gasteiger partial charge in [0.05, 0.1) is 19.8 Å². The van der Waals surface area contributed by atoms with Gasteiger partial charge in [0.2, 0.25) is 0 Å². The van der Waals surface area contributed by atoms with Gasteiger partial charge in [0.15, 0.2) is 0 Å². The number of urea groups is 1. The number of furan rings is 1. The van der Waals surface area contributed by atoms with E-state index >= 15 is 0 Å². The van der Waals surface area contributed by atoms with Crippen LogP contribution >= 0.6 is 0 Å². The fourth-order valence-corrected chi connectivity index (χ4v) is 1.66. The van der Waals surface area contributed by atoms with Gasteiger partial charge >= 0.3 is 18.0 Å². The Morgan fingerprint density at radius 1 is 1.38 bits per heavy atom. The highest BCUT2D eigenvalue weighted by molar-refractivity contribution is 5.86. The molecule has 1 aromatic rings. The fraction of sp³-hybridized carbons (Fsp3) is 0.462. The van der Waals surface area contributed by atoms with Crippen molar-refractivity contribution in [3.05, 3.63) is 24.2 Å². The molecule has 8 nitrogen and oxygen atoms in total. The molecule has 1 unspecified atom stereocenters. The first-order valence-corrected chi connectivity index (χ1v) is 6.31. The second kappa shape index (κ2) is 7.93. The molecule has 1 aromatic heterocycles. The standard InChI is InChI=1S/C13H18N2O6/c1-8(6-9-4-3-5-21-9)14-13(19)15-10(12(17)18)7-11(16)20-2/h3-5,8,10H,6-7H2,1-2H3,(H,17,18)(H2,14,15,19)/t8?,10-/m0/s1. The van der Waals surface area contributed by atoms with Gasteiger partial charge in [-0.1, -0.05) is 0 Å². The van der Waals surface area contributed by atoms with Gasteiger partial charge in [-0.2, -0.15) is 0 Å². The van der Waals surface area contributed by atoms with Gasteiger partial charge in [-0.25, -0.2) is 9.59 Å². The van der Waals surface area contributed by atoms with E-state index in [9.17, 15) is 14.4 Å². The van der Waals surface area contributed by atoms with Crippen molar-refractivity contribution in [2.24, 2.45) is 0 Å². The molecule has 8 heteroatoms. The highest BCUT2D eigenvalue weighted by atomic mass is 16.5. The number of carbonyl (C=O) groups excluding carboxylic acids is 2. The third kappa shape index (κ3) is 5.98. The Labute approximate surface area is 121 Å². The van der Waals surface area contributed by atoms with Gasteiger partial charge in [-0.05, 0) is 19.1 Å². The van der Waals surface area contributed by atoms with Crippen LogP contribution in [-0.4, -0.2) is 42.3 Å². The molecule has 1 heterocycles. The number of hydrogen-bond donors (Lipinski definition) is 3. The van der Waals surface area contributed by atoms with Gasteiger partial charge in [0.25, 0.3) is 0 Å². The number of rotatable bonds is 7. The molecule has 21 heavy (non-hydrogen) atoms. The molecule has 1 rings (SSSR count). The number of nitrogens with one attached hydrogen (secondary N) is 2. The van der Waals surface area contributed by atoms with Crippen molar-refractivity contribution in [2.75, 3.05) is 7.11 Å². The number of amides is 2. The maximum absolute atomic E-state index is 11.7. The number of hydrogen-bond acceptors (Lipinski definition) is 5. The van der Waals surface area contributed by atoms with Crippen LogP contribution in [0.5, 0.6) is 0 Å². The number of ether oxygens (including phenoxy) is 1. The average molecular weight is 298 g/mol. The maximum atomic E-state index is 11.7. The lowest BCUT2D eigenvalue weighted by Gasteiger charge is -2.17. The first-order valence-electron chi connectivity index (χ1n) is 6.31. The van der Waals surface area contributed by atoms with Crippen LogP contribution in [0.15, 0.2) is 22.8 Å². The molecule has 0 saturated carbocycles. The van der Waals surface area contributed by atoms with E-state index in [1.165, 1.54) is 6.26 Å². The summed E-state index contributed by atoms with van der Waals surface area (Å²) in [6, 6.07) is 1.23. The highest BCUT2D eigenvalue weighted by Crippen LogP contribution is 2.04. The Balaban J connectivity index is 2.45. The van der Waals surface area contributed by atoms with E-state index in [-0.39, 0.29) is 6.04 Å². The Morgan fingerprint density at radius 3 is 2.62 bits per heavy atom. The summed E-state index contributed by atoms with van der Waals surface area (Å²) < 4.78 is 9.52. The van der Waals surface area contributed by atoms with Crippen LogP contribution in [0.2, 0.25) is 0 Å². The lowest BCUT2D eigenvalue weighted by atomic mass is 10.2. The van der Waals surface area contributed by atoms with Crippen LogP contribution in [0.3, 0.4) is 0 Å². The lowest BCUT2D eigenvalue weighted by molar-refractivity contribution is -0.147. The van der Waals surface area contributed by atoms with Crippen molar-refractivity contribution in [1.82, 2.24) is 10.6 Å². The third-order valence-corrected chi connectivity index (χ3v) is 2.67. The minimum absolute atomic E-state index is 0.260. The lowest BCUT2D eigenvalue weighted by Crippen LogP contribution is -2.49. The SMILES string of the molecule is COC(=O)C[C@H](NC(=O)NC(C)Cc1ccco1)C(=O)O. The first kappa shape index (κ1) is 16.5. The molecule has 116 valence electrons. The summed E-state index contributed by atoms with van der Waals surface area (Å²) in [5, 5.41) is 13.7. The molecule has 0 bridgehead atoms. The summed E-state index contributed by atoms with van der Waals surface area (Å²) in [7, 11) is 1.15. The van der Waals surface area contributed by atoms with E-state index in [0.29, 0.717) is 12.2 Å². The van der Waals surface area contributed by atoms with Crippen molar-refractivity contribution in [2.45, 2.75) is 31.8 Å². The minimum Gasteiger partial charge on any atom is -0.480 e. The van der Waals surface area contributed by atoms with Crippen molar-refractivity contribution in [3.63, 3.8) is 0 Å². The monoisotopic (exact) mass is 298 g/mol. The van der Waals surface area contributed by atoms with Gasteiger partial charge in [-0.3, -0.25) is 4.79 Å². The molecular formula is C13H18N2O6. The van der Waals surface area contributed by atoms with Crippen LogP contribution in [0, 0.1) is 0 Å². The van der Waals surface area contributed by atoms with Crippen LogP contribution in [0.4, 0.5) is 4.79 Å². The van der Waals surface area contributed by atoms with Gasteiger partial charge in [0.1, 0.15) is 11.8 Å². The van der Waals surface area contributed by atoms with Gasteiger partial charge < -0.3 is 24.9 Å². The van der Waals surface area contributed by atoms with Crippen molar-refractivity contribution in [1.29, 1.82) is 0 Å². The van der Waals surface area contributed by atoms with E-state index in [1.807, 2.05) is 0 Å². The molecule has 0 radical (unpaired) electrons. The van der Waals surface area contributed by atoms with E-state index in [4.69, 9.17) is 9.52 Å². The molecule has 0 saturated heterocycles. The Morgan fingerprint density at radius 2 is 2.10 bits per heavy atom. The third-order valence-electron chi connectivity index (χ3n) is 2.67. The van der Waals surface area contributed by atoms with Crippen LogP contribution in [0.25, 0.3) is 0 Å². The van der Waals surface area contributed by atoms with E-state index in [1.54, 1.807) is 19.1 Å². The van der Waals surface area contributed by atoms with Crippen molar-refractivity contribution >= 4 is 18.0 Å². The second-order valence-electron chi connectivity index (χ2n) is 4.47. The van der Waals surface area contributed by atoms with E-state index < -0.39 is 30.4 Å². The smallest absolute Gasteiger partial charge is 0.326 e. The highest BCUT2D eigenvalue weighted by Gasteiger charge is 2.24. The predicted molar refractivity (Wildman–Crippen MR) is 71.6 cm³/mol. The molecule has 2 atom stereocenters. The topological polar surface area (TPSA) is 118 Å². The molecule has 0 spiro atoms. The van der Waals surface area contributed by atoms with Crippen LogP contribution in [-0.2, 0) is 20.7 Å². The second-order valence-corrected chi connectivity index (χ2v) is 4.47. The summed E-state index contributed by atoms with van der Waals surface area (Å²) in [4.78, 5) is 33.7. The summed E-state index contributed by atoms with van der Waals surface area (Å²) in [6.07, 6.45) is 1.56. The number of aliphatic carboxylic acids is 1. The normalized spacial score (nSPS) is 13.0. The fourth-order valence-electron chi connectivity index (χ4n) is 1.66. The zero-order valence-electron chi connectivity index (χ0n) is 11.8. The van der Waals surface area contributed by atoms with Crippen LogP contribution in [0.1, 0.15) is 19.1 Å². The summed E-state index contributed by atoms with van der Waals surface area (Å²) in [5.74, 6) is -1.33. The molecular weight excluding hydrogens is 280 g/mol. The Hall–Kier alpha value is -2.51. The molecule has 2 amide bonds. The maximum Gasteiger partial charge on any atom is 0.326 e. The summed E-state index contributed by atoms with van der Waals surface area (Å²) >= 11 is 0. The average Bonchev–Trinajstić information content (AvgIpc) is 2.89. The molecule has 0 aliphatic heterocycles. The summed E-state index contributed by atoms with van der Waals surface area (Å²) in [6.45, 7) is 1.75. The van der Waals surface area contributed by atoms with E-state index in [2.05, 4.69) is 15.4 Å². The summed E-state index contributed by atoms with van der Waals surface area (Å²) in [5.41, 5.74) is 0. The van der Waals surface area contributed by atoms with Crippen molar-refractivity contribution < 1.29 is 28.6 Å².